The summed E-state index contributed by atoms with van der Waals surface area (Å²) in [5.41, 5.74) is 0.956. The normalized spacial score (nSPS) is 10.6. The highest BCUT2D eigenvalue weighted by Gasteiger charge is 2.07. The molecule has 1 heterocycles. The summed E-state index contributed by atoms with van der Waals surface area (Å²) in [5.74, 6) is 0.641. The van der Waals surface area contributed by atoms with Gasteiger partial charge in [0.15, 0.2) is 5.82 Å². The molecule has 0 unspecified atom stereocenters. The molecule has 0 fully saturated rings. The van der Waals surface area contributed by atoms with Crippen LogP contribution in [0.4, 0.5) is 0 Å². The van der Waals surface area contributed by atoms with Crippen LogP contribution in [0.2, 0.25) is 5.15 Å². The monoisotopic (exact) mass is 376 g/mol. The maximum absolute atomic E-state index is 6.12. The zero-order chi connectivity index (χ0) is 14.7. The van der Waals surface area contributed by atoms with E-state index in [1.54, 1.807) is 17.8 Å². The van der Waals surface area contributed by atoms with E-state index in [9.17, 15) is 0 Å². The van der Waals surface area contributed by atoms with Gasteiger partial charge < -0.3 is 0 Å². The molecule has 0 aliphatic carbocycles. The molecule has 0 saturated carbocycles. The Balaban J connectivity index is 1.93. The first kappa shape index (κ1) is 14.6. The maximum Gasteiger partial charge on any atom is 0.162 e. The first-order valence-corrected chi connectivity index (χ1v) is 8.23. The average Bonchev–Trinajstić information content (AvgIpc) is 2.50. The number of halogens is 2. The molecule has 104 valence electrons. The molecule has 2 aromatic carbocycles. The van der Waals surface area contributed by atoms with E-state index in [4.69, 9.17) is 11.6 Å². The predicted octanol–water partition coefficient (Wildman–Crippen LogP) is 5.71. The maximum atomic E-state index is 6.12. The molecule has 0 aliphatic heterocycles. The van der Waals surface area contributed by atoms with Gasteiger partial charge in [-0.3, -0.25) is 0 Å². The van der Waals surface area contributed by atoms with Crippen LogP contribution >= 0.6 is 39.3 Å². The smallest absolute Gasteiger partial charge is 0.162 e. The van der Waals surface area contributed by atoms with Crippen LogP contribution in [0.25, 0.3) is 11.4 Å². The summed E-state index contributed by atoms with van der Waals surface area (Å²) in [4.78, 5) is 9.97. The highest BCUT2D eigenvalue weighted by molar-refractivity contribution is 9.10. The van der Waals surface area contributed by atoms with E-state index < -0.39 is 0 Å². The van der Waals surface area contributed by atoms with Crippen LogP contribution in [0.5, 0.6) is 0 Å². The zero-order valence-electron chi connectivity index (χ0n) is 10.8. The van der Waals surface area contributed by atoms with Gasteiger partial charge in [0.1, 0.15) is 10.2 Å². The van der Waals surface area contributed by atoms with Crippen molar-refractivity contribution in [3.63, 3.8) is 0 Å². The molecule has 0 spiro atoms. The van der Waals surface area contributed by atoms with Crippen LogP contribution in [-0.4, -0.2) is 9.97 Å². The first-order chi connectivity index (χ1) is 10.2. The molecular formula is C16H10BrClN2S. The van der Waals surface area contributed by atoms with Crippen molar-refractivity contribution >= 4 is 39.3 Å². The molecule has 3 rings (SSSR count). The molecule has 0 bridgehead atoms. The van der Waals surface area contributed by atoms with Crippen molar-refractivity contribution in [2.75, 3.05) is 0 Å². The number of benzene rings is 2. The van der Waals surface area contributed by atoms with Crippen LogP contribution < -0.4 is 0 Å². The Hall–Kier alpha value is -1.36. The largest absolute Gasteiger partial charge is 0.221 e. The van der Waals surface area contributed by atoms with Crippen molar-refractivity contribution in [3.05, 3.63) is 70.3 Å². The number of nitrogens with zero attached hydrogens (tertiary/aromatic N) is 2. The minimum Gasteiger partial charge on any atom is -0.221 e. The van der Waals surface area contributed by atoms with Gasteiger partial charge in [0.25, 0.3) is 0 Å². The molecule has 0 aliphatic rings. The zero-order valence-corrected chi connectivity index (χ0v) is 14.0. The van der Waals surface area contributed by atoms with Crippen LogP contribution in [0, 0.1) is 0 Å². The van der Waals surface area contributed by atoms with Crippen molar-refractivity contribution in [2.24, 2.45) is 0 Å². The predicted molar refractivity (Wildman–Crippen MR) is 90.7 cm³/mol. The van der Waals surface area contributed by atoms with Crippen LogP contribution in [0.1, 0.15) is 0 Å². The van der Waals surface area contributed by atoms with Crippen molar-refractivity contribution in [3.8, 4) is 11.4 Å². The van der Waals surface area contributed by atoms with Gasteiger partial charge in [0, 0.05) is 21.0 Å². The second-order valence-corrected chi connectivity index (χ2v) is 6.67. The molecule has 0 atom stereocenters. The van der Waals surface area contributed by atoms with E-state index in [0.29, 0.717) is 11.0 Å². The molecule has 2 nitrogen and oxygen atoms in total. The van der Waals surface area contributed by atoms with Gasteiger partial charge in [-0.05, 0) is 24.3 Å². The van der Waals surface area contributed by atoms with E-state index >= 15 is 0 Å². The van der Waals surface area contributed by atoms with Gasteiger partial charge >= 0.3 is 0 Å². The van der Waals surface area contributed by atoms with Gasteiger partial charge in [-0.1, -0.05) is 69.6 Å². The standard InChI is InChI=1S/C16H10BrClN2S/c17-12-6-8-13(9-7-12)21-15-10-14(18)19-16(20-15)11-4-2-1-3-5-11/h1-10H. The van der Waals surface area contributed by atoms with Gasteiger partial charge in [0.05, 0.1) is 0 Å². The van der Waals surface area contributed by atoms with Crippen LogP contribution in [-0.2, 0) is 0 Å². The molecule has 3 aromatic rings. The number of rotatable bonds is 3. The van der Waals surface area contributed by atoms with Crippen molar-refractivity contribution < 1.29 is 0 Å². The molecule has 0 saturated heterocycles. The minimum atomic E-state index is 0.448. The summed E-state index contributed by atoms with van der Waals surface area (Å²) in [7, 11) is 0. The lowest BCUT2D eigenvalue weighted by Crippen LogP contribution is -1.91. The van der Waals surface area contributed by atoms with E-state index in [1.165, 1.54) is 0 Å². The topological polar surface area (TPSA) is 25.8 Å². The number of hydrogen-bond donors (Lipinski definition) is 0. The SMILES string of the molecule is Clc1cc(Sc2ccc(Br)cc2)nc(-c2ccccc2)n1. The highest BCUT2D eigenvalue weighted by Crippen LogP contribution is 2.30. The Morgan fingerprint density at radius 2 is 1.62 bits per heavy atom. The third-order valence-electron chi connectivity index (χ3n) is 2.74. The molecule has 0 radical (unpaired) electrons. The molecular weight excluding hydrogens is 368 g/mol. The van der Waals surface area contributed by atoms with Crippen LogP contribution in [0.3, 0.4) is 0 Å². The van der Waals surface area contributed by atoms with Crippen molar-refractivity contribution in [1.82, 2.24) is 9.97 Å². The molecule has 1 aromatic heterocycles. The first-order valence-electron chi connectivity index (χ1n) is 6.24. The number of aromatic nitrogens is 2. The van der Waals surface area contributed by atoms with E-state index in [2.05, 4.69) is 25.9 Å². The van der Waals surface area contributed by atoms with E-state index in [-0.39, 0.29) is 0 Å². The third kappa shape index (κ3) is 3.84. The number of hydrogen-bond acceptors (Lipinski definition) is 3. The summed E-state index contributed by atoms with van der Waals surface area (Å²) in [6.07, 6.45) is 0. The lowest BCUT2D eigenvalue weighted by Gasteiger charge is -2.05. The van der Waals surface area contributed by atoms with Gasteiger partial charge in [-0.2, -0.15) is 0 Å². The lowest BCUT2D eigenvalue weighted by atomic mass is 10.2. The van der Waals surface area contributed by atoms with Gasteiger partial charge in [-0.15, -0.1) is 0 Å². The Kier molecular flexibility index (Phi) is 4.58. The second kappa shape index (κ2) is 6.60. The second-order valence-electron chi connectivity index (χ2n) is 4.27. The van der Waals surface area contributed by atoms with Gasteiger partial charge in [-0.25, -0.2) is 9.97 Å². The van der Waals surface area contributed by atoms with Crippen molar-refractivity contribution in [1.29, 1.82) is 0 Å². The Bertz CT molecular complexity index is 748. The van der Waals surface area contributed by atoms with E-state index in [0.717, 1.165) is 20.0 Å². The molecule has 21 heavy (non-hydrogen) atoms. The van der Waals surface area contributed by atoms with Crippen molar-refractivity contribution in [2.45, 2.75) is 9.92 Å². The fourth-order valence-corrected chi connectivity index (χ4v) is 3.12. The fraction of sp³-hybridized carbons (Fsp3) is 0. The fourth-order valence-electron chi connectivity index (χ4n) is 1.79. The summed E-state index contributed by atoms with van der Waals surface area (Å²) in [6, 6.07) is 19.7. The Labute approximate surface area is 140 Å². The van der Waals surface area contributed by atoms with Crippen LogP contribution in [0.15, 0.2) is 75.1 Å². The summed E-state index contributed by atoms with van der Waals surface area (Å²) in [6.45, 7) is 0. The Morgan fingerprint density at radius 1 is 0.905 bits per heavy atom. The average molecular weight is 378 g/mol. The third-order valence-corrected chi connectivity index (χ3v) is 4.39. The summed E-state index contributed by atoms with van der Waals surface area (Å²) < 4.78 is 1.05. The summed E-state index contributed by atoms with van der Waals surface area (Å²) in [5, 5.41) is 1.28. The Morgan fingerprint density at radius 3 is 2.33 bits per heavy atom. The van der Waals surface area contributed by atoms with E-state index in [1.807, 2.05) is 54.6 Å². The molecule has 5 heteroatoms. The quantitative estimate of drug-likeness (QED) is 0.547. The molecule has 0 amide bonds. The lowest BCUT2D eigenvalue weighted by molar-refractivity contribution is 1.06. The molecule has 0 N–H and O–H groups in total. The summed E-state index contributed by atoms with van der Waals surface area (Å²) >= 11 is 11.1. The van der Waals surface area contributed by atoms with Gasteiger partial charge in [0.2, 0.25) is 0 Å². The minimum absolute atomic E-state index is 0.448. The highest BCUT2D eigenvalue weighted by atomic mass is 79.9.